The third-order valence-electron chi connectivity index (χ3n) is 2.48. The van der Waals surface area contributed by atoms with Gasteiger partial charge in [0.2, 0.25) is 0 Å². The van der Waals surface area contributed by atoms with Gasteiger partial charge in [-0.25, -0.2) is 0 Å². The number of aromatic nitrogens is 2. The Morgan fingerprint density at radius 3 is 2.89 bits per heavy atom. The van der Waals surface area contributed by atoms with Gasteiger partial charge in [0, 0.05) is 31.2 Å². The molecule has 0 aliphatic carbocycles. The summed E-state index contributed by atoms with van der Waals surface area (Å²) in [7, 11) is 0. The number of ether oxygens (including phenoxy) is 1. The van der Waals surface area contributed by atoms with Gasteiger partial charge in [-0.3, -0.25) is 9.97 Å². The van der Waals surface area contributed by atoms with Crippen molar-refractivity contribution in [2.45, 2.75) is 13.5 Å². The zero-order valence-corrected chi connectivity index (χ0v) is 10.5. The summed E-state index contributed by atoms with van der Waals surface area (Å²) in [5, 5.41) is 3.30. The molecular formula is C14H17N3O. The van der Waals surface area contributed by atoms with Gasteiger partial charge in [-0.1, -0.05) is 6.07 Å². The van der Waals surface area contributed by atoms with Gasteiger partial charge in [-0.2, -0.15) is 0 Å². The summed E-state index contributed by atoms with van der Waals surface area (Å²) in [6.07, 6.45) is 5.38. The summed E-state index contributed by atoms with van der Waals surface area (Å²) >= 11 is 0. The van der Waals surface area contributed by atoms with Crippen LogP contribution >= 0.6 is 0 Å². The Hall–Kier alpha value is -1.94. The molecule has 2 aromatic heterocycles. The minimum atomic E-state index is 0.630. The number of hydrogen-bond acceptors (Lipinski definition) is 4. The van der Waals surface area contributed by atoms with E-state index in [9.17, 15) is 0 Å². The van der Waals surface area contributed by atoms with E-state index in [1.807, 2.05) is 37.4 Å². The van der Waals surface area contributed by atoms with Crippen LogP contribution in [-0.4, -0.2) is 23.1 Å². The largest absolute Gasteiger partial charge is 0.491 e. The van der Waals surface area contributed by atoms with E-state index >= 15 is 0 Å². The normalized spacial score (nSPS) is 10.3. The van der Waals surface area contributed by atoms with Crippen molar-refractivity contribution in [3.8, 4) is 5.75 Å². The van der Waals surface area contributed by atoms with Crippen LogP contribution in [0.2, 0.25) is 0 Å². The highest BCUT2D eigenvalue weighted by Crippen LogP contribution is 2.07. The van der Waals surface area contributed by atoms with Crippen molar-refractivity contribution in [2.75, 3.05) is 13.2 Å². The first-order chi connectivity index (χ1) is 8.84. The molecule has 2 heterocycles. The molecule has 0 spiro atoms. The molecule has 0 saturated heterocycles. The quantitative estimate of drug-likeness (QED) is 0.788. The van der Waals surface area contributed by atoms with Crippen LogP contribution < -0.4 is 10.1 Å². The maximum atomic E-state index is 5.56. The maximum absolute atomic E-state index is 5.56. The highest BCUT2D eigenvalue weighted by atomic mass is 16.5. The van der Waals surface area contributed by atoms with Crippen LogP contribution in [-0.2, 0) is 6.54 Å². The molecule has 94 valence electrons. The second-order valence-electron chi connectivity index (χ2n) is 4.02. The van der Waals surface area contributed by atoms with Gasteiger partial charge < -0.3 is 10.1 Å². The van der Waals surface area contributed by atoms with Crippen molar-refractivity contribution in [3.63, 3.8) is 0 Å². The first-order valence-electron chi connectivity index (χ1n) is 6.00. The van der Waals surface area contributed by atoms with E-state index in [2.05, 4.69) is 15.3 Å². The third kappa shape index (κ3) is 4.14. The van der Waals surface area contributed by atoms with Crippen LogP contribution in [0.4, 0.5) is 0 Å². The van der Waals surface area contributed by atoms with E-state index in [-0.39, 0.29) is 0 Å². The molecule has 0 unspecified atom stereocenters. The predicted molar refractivity (Wildman–Crippen MR) is 70.4 cm³/mol. The molecule has 0 radical (unpaired) electrons. The molecule has 0 aromatic carbocycles. The van der Waals surface area contributed by atoms with Crippen molar-refractivity contribution < 1.29 is 4.74 Å². The van der Waals surface area contributed by atoms with Gasteiger partial charge in [-0.05, 0) is 30.7 Å². The molecular weight excluding hydrogens is 226 g/mol. The Balaban J connectivity index is 1.63. The molecule has 2 aromatic rings. The summed E-state index contributed by atoms with van der Waals surface area (Å²) < 4.78 is 5.56. The Labute approximate surface area is 107 Å². The van der Waals surface area contributed by atoms with Gasteiger partial charge in [0.15, 0.2) is 0 Å². The van der Waals surface area contributed by atoms with Crippen LogP contribution in [0, 0.1) is 6.92 Å². The fourth-order valence-electron chi connectivity index (χ4n) is 1.52. The van der Waals surface area contributed by atoms with Gasteiger partial charge in [0.25, 0.3) is 0 Å². The zero-order chi connectivity index (χ0) is 12.6. The highest BCUT2D eigenvalue weighted by molar-refractivity contribution is 5.19. The average Bonchev–Trinajstić information content (AvgIpc) is 2.42. The molecule has 0 bridgehead atoms. The van der Waals surface area contributed by atoms with Gasteiger partial charge >= 0.3 is 0 Å². The number of hydrogen-bond donors (Lipinski definition) is 1. The summed E-state index contributed by atoms with van der Waals surface area (Å²) in [5.41, 5.74) is 2.17. The predicted octanol–water partition coefficient (Wildman–Crippen LogP) is 1.95. The van der Waals surface area contributed by atoms with Gasteiger partial charge in [0.1, 0.15) is 12.4 Å². The fourth-order valence-corrected chi connectivity index (χ4v) is 1.52. The summed E-state index contributed by atoms with van der Waals surface area (Å²) in [4.78, 5) is 8.23. The molecule has 18 heavy (non-hydrogen) atoms. The average molecular weight is 243 g/mol. The second-order valence-corrected chi connectivity index (χ2v) is 4.02. The van der Waals surface area contributed by atoms with Crippen molar-refractivity contribution >= 4 is 0 Å². The smallest absolute Gasteiger partial charge is 0.137 e. The summed E-state index contributed by atoms with van der Waals surface area (Å²) in [6.45, 7) is 4.19. The van der Waals surface area contributed by atoms with E-state index in [0.29, 0.717) is 6.61 Å². The molecule has 0 fully saturated rings. The molecule has 0 aliphatic rings. The monoisotopic (exact) mass is 243 g/mol. The summed E-state index contributed by atoms with van der Waals surface area (Å²) in [6, 6.07) is 7.86. The SMILES string of the molecule is Cc1ccc(OCCNCc2cccnc2)cn1. The van der Waals surface area contributed by atoms with Crippen molar-refractivity contribution in [1.82, 2.24) is 15.3 Å². The van der Waals surface area contributed by atoms with Gasteiger partial charge in [0.05, 0.1) is 6.20 Å². The molecule has 0 amide bonds. The lowest BCUT2D eigenvalue weighted by Gasteiger charge is -2.07. The van der Waals surface area contributed by atoms with Crippen molar-refractivity contribution in [1.29, 1.82) is 0 Å². The number of nitrogens with one attached hydrogen (secondary N) is 1. The van der Waals surface area contributed by atoms with E-state index in [1.54, 1.807) is 12.4 Å². The molecule has 4 nitrogen and oxygen atoms in total. The van der Waals surface area contributed by atoms with Crippen LogP contribution in [0.25, 0.3) is 0 Å². The Bertz CT molecular complexity index is 456. The molecule has 4 heteroatoms. The third-order valence-corrected chi connectivity index (χ3v) is 2.48. The lowest BCUT2D eigenvalue weighted by Crippen LogP contribution is -2.20. The van der Waals surface area contributed by atoms with Crippen molar-refractivity contribution in [3.05, 3.63) is 54.1 Å². The summed E-state index contributed by atoms with van der Waals surface area (Å²) in [5.74, 6) is 0.809. The number of pyridine rings is 2. The molecule has 0 atom stereocenters. The first-order valence-corrected chi connectivity index (χ1v) is 6.00. The highest BCUT2D eigenvalue weighted by Gasteiger charge is 1.94. The number of rotatable bonds is 6. The maximum Gasteiger partial charge on any atom is 0.137 e. The van der Waals surface area contributed by atoms with Gasteiger partial charge in [-0.15, -0.1) is 0 Å². The topological polar surface area (TPSA) is 47.0 Å². The van der Waals surface area contributed by atoms with E-state index in [4.69, 9.17) is 4.74 Å². The van der Waals surface area contributed by atoms with Crippen LogP contribution in [0.3, 0.4) is 0 Å². The number of nitrogens with zero attached hydrogens (tertiary/aromatic N) is 2. The molecule has 1 N–H and O–H groups in total. The molecule has 0 saturated carbocycles. The lowest BCUT2D eigenvalue weighted by molar-refractivity contribution is 0.312. The molecule has 0 aliphatic heterocycles. The van der Waals surface area contributed by atoms with Crippen molar-refractivity contribution in [2.24, 2.45) is 0 Å². The lowest BCUT2D eigenvalue weighted by atomic mass is 10.3. The minimum Gasteiger partial charge on any atom is -0.491 e. The zero-order valence-electron chi connectivity index (χ0n) is 10.5. The number of aryl methyl sites for hydroxylation is 1. The van der Waals surface area contributed by atoms with Crippen LogP contribution in [0.15, 0.2) is 42.9 Å². The van der Waals surface area contributed by atoms with E-state index in [0.717, 1.165) is 24.5 Å². The van der Waals surface area contributed by atoms with Crippen LogP contribution in [0.1, 0.15) is 11.3 Å². The molecule has 2 rings (SSSR count). The van der Waals surface area contributed by atoms with E-state index < -0.39 is 0 Å². The van der Waals surface area contributed by atoms with E-state index in [1.165, 1.54) is 5.56 Å². The fraction of sp³-hybridized carbons (Fsp3) is 0.286. The standard InChI is InChI=1S/C14H17N3O/c1-12-4-5-14(11-17-12)18-8-7-16-10-13-3-2-6-15-9-13/h2-6,9,11,16H,7-8,10H2,1H3. The minimum absolute atomic E-state index is 0.630. The second kappa shape index (κ2) is 6.71. The Kier molecular flexibility index (Phi) is 4.67. The Morgan fingerprint density at radius 2 is 2.17 bits per heavy atom. The van der Waals surface area contributed by atoms with Crippen LogP contribution in [0.5, 0.6) is 5.75 Å². The first kappa shape index (κ1) is 12.5. The Morgan fingerprint density at radius 1 is 1.22 bits per heavy atom.